The van der Waals surface area contributed by atoms with E-state index < -0.39 is 0 Å². The zero-order valence-electron chi connectivity index (χ0n) is 9.00. The molecule has 1 aromatic carbocycles. The third kappa shape index (κ3) is 2.17. The first-order chi connectivity index (χ1) is 7.43. The maximum absolute atomic E-state index is 3.24. The van der Waals surface area contributed by atoms with Crippen LogP contribution >= 0.6 is 0 Å². The quantitative estimate of drug-likeness (QED) is 0.678. The van der Waals surface area contributed by atoms with Crippen molar-refractivity contribution in [1.29, 1.82) is 0 Å². The summed E-state index contributed by atoms with van der Waals surface area (Å²) in [6.07, 6.45) is 6.06. The standard InChI is InChI=1S/C13H14N2.Pt/c1-2-6-12(7-3-1)15-10-13-8-4-5-9-14(13)11-15;/h1-3,6,10-11H,4-5,8-9H2;/q-2;+2. The second-order valence-corrected chi connectivity index (χ2v) is 4.04. The zero-order chi connectivity index (χ0) is 10.1. The van der Waals surface area contributed by atoms with Gasteiger partial charge in [0.25, 0.3) is 0 Å². The maximum Gasteiger partial charge on any atom is 2.00 e. The van der Waals surface area contributed by atoms with Gasteiger partial charge in [-0.25, -0.2) is 0 Å². The molecule has 0 aromatic heterocycles. The van der Waals surface area contributed by atoms with Crippen molar-refractivity contribution in [1.82, 2.24) is 4.90 Å². The van der Waals surface area contributed by atoms with Gasteiger partial charge in [-0.05, 0) is 37.7 Å². The molecule has 3 rings (SSSR count). The number of hydrogen-bond donors (Lipinski definition) is 0. The van der Waals surface area contributed by atoms with Crippen molar-refractivity contribution in [3.05, 3.63) is 48.9 Å². The number of allylic oxidation sites excluding steroid dienone is 1. The van der Waals surface area contributed by atoms with E-state index in [0.29, 0.717) is 0 Å². The van der Waals surface area contributed by atoms with Gasteiger partial charge in [-0.3, -0.25) is 0 Å². The monoisotopic (exact) mass is 393 g/mol. The van der Waals surface area contributed by atoms with Crippen LogP contribution in [0.4, 0.5) is 5.69 Å². The average Bonchev–Trinajstić information content (AvgIpc) is 2.74. The molecule has 2 aliphatic heterocycles. The number of anilines is 1. The number of fused-ring (bicyclic) bond motifs is 1. The van der Waals surface area contributed by atoms with Gasteiger partial charge in [0.05, 0.1) is 0 Å². The summed E-state index contributed by atoms with van der Waals surface area (Å²) < 4.78 is 0. The van der Waals surface area contributed by atoms with Crippen molar-refractivity contribution in [2.75, 3.05) is 11.4 Å². The van der Waals surface area contributed by atoms with E-state index in [0.717, 1.165) is 12.2 Å². The molecule has 0 atom stereocenters. The molecular formula is C13H14N2Pt. The molecule has 0 spiro atoms. The molecule has 2 heterocycles. The SMILES string of the molecule is [Pt+2].[c-]1ccccc1N1C=C2CCCCN2[CH-]1. The van der Waals surface area contributed by atoms with Crippen LogP contribution < -0.4 is 4.90 Å². The minimum absolute atomic E-state index is 0. The first-order valence-electron chi connectivity index (χ1n) is 5.51. The van der Waals surface area contributed by atoms with Crippen molar-refractivity contribution in [3.8, 4) is 0 Å². The first kappa shape index (κ1) is 11.7. The van der Waals surface area contributed by atoms with Crippen molar-refractivity contribution < 1.29 is 21.1 Å². The molecule has 3 heteroatoms. The smallest absolute Gasteiger partial charge is 0.505 e. The number of para-hydroxylation sites is 1. The average molecular weight is 393 g/mol. The molecule has 0 unspecified atom stereocenters. The van der Waals surface area contributed by atoms with Crippen LogP contribution in [0.1, 0.15) is 19.3 Å². The topological polar surface area (TPSA) is 6.48 Å². The first-order valence-corrected chi connectivity index (χ1v) is 5.51. The summed E-state index contributed by atoms with van der Waals surface area (Å²) in [5.74, 6) is 0. The van der Waals surface area contributed by atoms with Gasteiger partial charge in [-0.1, -0.05) is 0 Å². The molecule has 1 fully saturated rings. The summed E-state index contributed by atoms with van der Waals surface area (Å²) in [6.45, 7) is 3.34. The fraction of sp³-hybridized carbons (Fsp3) is 0.308. The predicted molar refractivity (Wildman–Crippen MR) is 60.7 cm³/mol. The molecule has 0 N–H and O–H groups in total. The summed E-state index contributed by atoms with van der Waals surface area (Å²) in [5, 5.41) is 0. The van der Waals surface area contributed by atoms with Gasteiger partial charge in [-0.2, -0.15) is 37.0 Å². The summed E-state index contributed by atoms with van der Waals surface area (Å²) in [5.41, 5.74) is 2.57. The second kappa shape index (κ2) is 5.05. The van der Waals surface area contributed by atoms with E-state index in [1.165, 1.54) is 25.0 Å². The largest absolute Gasteiger partial charge is 2.00 e. The third-order valence-corrected chi connectivity index (χ3v) is 2.97. The molecule has 1 aromatic rings. The fourth-order valence-corrected chi connectivity index (χ4v) is 2.17. The van der Waals surface area contributed by atoms with Crippen LogP contribution in [0.15, 0.2) is 36.2 Å². The minimum Gasteiger partial charge on any atom is -0.505 e. The van der Waals surface area contributed by atoms with Crippen molar-refractivity contribution in [2.24, 2.45) is 0 Å². The van der Waals surface area contributed by atoms with E-state index in [1.807, 2.05) is 12.1 Å². The second-order valence-electron chi connectivity index (χ2n) is 4.04. The molecule has 16 heavy (non-hydrogen) atoms. The minimum atomic E-state index is 0. The van der Waals surface area contributed by atoms with E-state index in [4.69, 9.17) is 0 Å². The number of nitrogens with zero attached hydrogens (tertiary/aromatic N) is 2. The van der Waals surface area contributed by atoms with Gasteiger partial charge < -0.3 is 9.80 Å². The van der Waals surface area contributed by atoms with E-state index in [9.17, 15) is 0 Å². The number of hydrogen-bond acceptors (Lipinski definition) is 2. The maximum atomic E-state index is 3.24. The van der Waals surface area contributed by atoms with Crippen LogP contribution in [-0.2, 0) is 21.1 Å². The Bertz CT molecular complexity index is 375. The van der Waals surface area contributed by atoms with E-state index in [-0.39, 0.29) is 21.1 Å². The Kier molecular flexibility index (Phi) is 3.70. The van der Waals surface area contributed by atoms with Crippen molar-refractivity contribution in [3.63, 3.8) is 0 Å². The number of benzene rings is 1. The van der Waals surface area contributed by atoms with Crippen LogP contribution in [0.5, 0.6) is 0 Å². The van der Waals surface area contributed by atoms with E-state index in [1.54, 1.807) is 0 Å². The van der Waals surface area contributed by atoms with Crippen LogP contribution in [0.3, 0.4) is 0 Å². The van der Waals surface area contributed by atoms with Crippen LogP contribution in [0.2, 0.25) is 0 Å². The van der Waals surface area contributed by atoms with Crippen LogP contribution in [-0.4, -0.2) is 11.4 Å². The van der Waals surface area contributed by atoms with E-state index in [2.05, 4.69) is 40.9 Å². The molecule has 0 aliphatic carbocycles. The molecule has 0 amide bonds. The Morgan fingerprint density at radius 2 is 2.19 bits per heavy atom. The van der Waals surface area contributed by atoms with Gasteiger partial charge in [-0.15, -0.1) is 5.69 Å². The summed E-state index contributed by atoms with van der Waals surface area (Å²) >= 11 is 0. The molecule has 1 saturated heterocycles. The molecule has 86 valence electrons. The fourth-order valence-electron chi connectivity index (χ4n) is 2.17. The van der Waals surface area contributed by atoms with Crippen LogP contribution in [0.25, 0.3) is 0 Å². The Balaban J connectivity index is 0.000000963. The number of piperidine rings is 1. The van der Waals surface area contributed by atoms with Gasteiger partial charge in [0, 0.05) is 0 Å². The molecule has 2 nitrogen and oxygen atoms in total. The van der Waals surface area contributed by atoms with Crippen molar-refractivity contribution >= 4 is 5.69 Å². The van der Waals surface area contributed by atoms with Gasteiger partial charge in [0.2, 0.25) is 0 Å². The number of rotatable bonds is 1. The van der Waals surface area contributed by atoms with Crippen LogP contribution in [0, 0.1) is 12.7 Å². The van der Waals surface area contributed by atoms with Gasteiger partial charge >= 0.3 is 21.1 Å². The molecule has 0 radical (unpaired) electrons. The summed E-state index contributed by atoms with van der Waals surface area (Å²) in [4.78, 5) is 4.52. The van der Waals surface area contributed by atoms with Crippen molar-refractivity contribution in [2.45, 2.75) is 19.3 Å². The Hall–Kier alpha value is -0.752. The normalized spacial score (nSPS) is 18.9. The molecule has 0 saturated carbocycles. The van der Waals surface area contributed by atoms with Gasteiger partial charge in [0.15, 0.2) is 0 Å². The summed E-state index contributed by atoms with van der Waals surface area (Å²) in [6, 6.07) is 11.3. The Labute approximate surface area is 111 Å². The third-order valence-electron chi connectivity index (χ3n) is 2.97. The Morgan fingerprint density at radius 1 is 1.25 bits per heavy atom. The Morgan fingerprint density at radius 3 is 2.94 bits per heavy atom. The molecular weight excluding hydrogens is 379 g/mol. The molecule has 0 bridgehead atoms. The zero-order valence-corrected chi connectivity index (χ0v) is 11.3. The molecule has 2 aliphatic rings. The van der Waals surface area contributed by atoms with E-state index >= 15 is 0 Å². The predicted octanol–water partition coefficient (Wildman–Crippen LogP) is 2.75. The van der Waals surface area contributed by atoms with Gasteiger partial charge in [0.1, 0.15) is 0 Å². The summed E-state index contributed by atoms with van der Waals surface area (Å²) in [7, 11) is 0.